The van der Waals surface area contributed by atoms with Crippen LogP contribution in [0.5, 0.6) is 0 Å². The number of carbonyl (C=O) groups is 3. The van der Waals surface area contributed by atoms with Gasteiger partial charge in [0.1, 0.15) is 12.0 Å². The minimum absolute atomic E-state index is 0.0549. The Morgan fingerprint density at radius 1 is 0.892 bits per heavy atom. The molecule has 37 heavy (non-hydrogen) atoms. The lowest BCUT2D eigenvalue weighted by Gasteiger charge is -2.43. The zero-order valence-electron chi connectivity index (χ0n) is 25.2. The molecule has 0 saturated heterocycles. The van der Waals surface area contributed by atoms with E-state index in [2.05, 4.69) is 33.9 Å². The van der Waals surface area contributed by atoms with Gasteiger partial charge < -0.3 is 13.9 Å². The van der Waals surface area contributed by atoms with Gasteiger partial charge in [-0.2, -0.15) is 0 Å². The van der Waals surface area contributed by atoms with Crippen LogP contribution in [0.3, 0.4) is 0 Å². The second-order valence-electron chi connectivity index (χ2n) is 13.3. The Kier molecular flexibility index (Phi) is 11.5. The first-order valence-corrected chi connectivity index (χ1v) is 16.2. The highest BCUT2D eigenvalue weighted by atomic mass is 28.4. The summed E-state index contributed by atoms with van der Waals surface area (Å²) in [5.41, 5.74) is -0.971. The monoisotopic (exact) mass is 534 g/mol. The molecule has 1 aromatic rings. The minimum atomic E-state index is -2.25. The van der Waals surface area contributed by atoms with Crippen LogP contribution in [0.15, 0.2) is 30.3 Å². The Morgan fingerprint density at radius 2 is 1.43 bits per heavy atom. The molecule has 0 amide bonds. The topological polar surface area (TPSA) is 78.9 Å². The van der Waals surface area contributed by atoms with Gasteiger partial charge in [0.15, 0.2) is 19.9 Å². The lowest BCUT2D eigenvalue weighted by atomic mass is 9.74. The Labute approximate surface area is 226 Å². The van der Waals surface area contributed by atoms with Crippen molar-refractivity contribution in [3.05, 3.63) is 35.9 Å². The molecule has 210 valence electrons. The smallest absolute Gasteiger partial charge is 0.313 e. The van der Waals surface area contributed by atoms with Crippen LogP contribution in [0.4, 0.5) is 0 Å². The molecule has 1 aromatic carbocycles. The van der Waals surface area contributed by atoms with E-state index < -0.39 is 49.5 Å². The van der Waals surface area contributed by atoms with Crippen LogP contribution in [0, 0.1) is 17.3 Å². The van der Waals surface area contributed by atoms with Gasteiger partial charge in [0, 0.05) is 11.8 Å². The average Bonchev–Trinajstić information content (AvgIpc) is 2.74. The van der Waals surface area contributed by atoms with Crippen molar-refractivity contribution >= 4 is 25.9 Å². The maximum absolute atomic E-state index is 13.8. The van der Waals surface area contributed by atoms with Crippen molar-refractivity contribution < 1.29 is 28.3 Å². The Morgan fingerprint density at radius 3 is 1.92 bits per heavy atom. The molecule has 0 heterocycles. The van der Waals surface area contributed by atoms with E-state index in [1.54, 1.807) is 34.6 Å². The van der Waals surface area contributed by atoms with Crippen LogP contribution >= 0.6 is 0 Å². The number of ether oxygens (including phenoxy) is 2. The predicted octanol–water partition coefficient (Wildman–Crippen LogP) is 6.76. The zero-order valence-corrected chi connectivity index (χ0v) is 26.2. The van der Waals surface area contributed by atoms with Crippen LogP contribution in [-0.4, -0.2) is 44.2 Å². The first kappa shape index (κ1) is 33.2. The SMILES string of the molecule is C[C@@H](COCc1ccccc1)[C@@H](O[Si](C)(C)C(C)(C)C)[C@@H](C)C(=O)C(C)(C)C(=O)CC(=O)OC(C)(C)C. The molecule has 0 aromatic heterocycles. The van der Waals surface area contributed by atoms with Gasteiger partial charge in [0.05, 0.1) is 24.7 Å². The molecule has 0 aliphatic carbocycles. The maximum Gasteiger partial charge on any atom is 0.313 e. The van der Waals surface area contributed by atoms with Gasteiger partial charge in [-0.15, -0.1) is 0 Å². The number of Topliss-reactive ketones (excluding diaryl/α,β-unsaturated/α-hetero) is 2. The van der Waals surface area contributed by atoms with Gasteiger partial charge in [-0.05, 0) is 58.3 Å². The van der Waals surface area contributed by atoms with Crippen LogP contribution in [0.25, 0.3) is 0 Å². The van der Waals surface area contributed by atoms with Gasteiger partial charge in [0.25, 0.3) is 0 Å². The Balaban J connectivity index is 3.10. The van der Waals surface area contributed by atoms with E-state index in [0.717, 1.165) is 5.56 Å². The van der Waals surface area contributed by atoms with Crippen molar-refractivity contribution in [2.75, 3.05) is 6.61 Å². The molecule has 0 fully saturated rings. The Hall–Kier alpha value is -1.83. The second-order valence-corrected chi connectivity index (χ2v) is 18.0. The van der Waals surface area contributed by atoms with E-state index in [9.17, 15) is 14.4 Å². The van der Waals surface area contributed by atoms with Crippen LogP contribution in [0.2, 0.25) is 18.1 Å². The van der Waals surface area contributed by atoms with Gasteiger partial charge in [-0.25, -0.2) is 0 Å². The highest BCUT2D eigenvalue weighted by Crippen LogP contribution is 2.40. The molecule has 0 bridgehead atoms. The number of hydrogen-bond donors (Lipinski definition) is 0. The van der Waals surface area contributed by atoms with E-state index in [1.807, 2.05) is 44.2 Å². The van der Waals surface area contributed by atoms with Gasteiger partial charge >= 0.3 is 5.97 Å². The zero-order chi connectivity index (χ0) is 28.8. The quantitative estimate of drug-likeness (QED) is 0.158. The molecule has 1 rings (SSSR count). The second kappa shape index (κ2) is 12.8. The maximum atomic E-state index is 13.8. The molecule has 0 aliphatic heterocycles. The van der Waals surface area contributed by atoms with Crippen LogP contribution < -0.4 is 0 Å². The van der Waals surface area contributed by atoms with Crippen molar-refractivity contribution in [1.82, 2.24) is 0 Å². The summed E-state index contributed by atoms with van der Waals surface area (Å²) in [5, 5.41) is -0.0549. The summed E-state index contributed by atoms with van der Waals surface area (Å²) in [6.07, 6.45) is -0.871. The number of ketones is 2. The molecular formula is C30H50O6Si. The number of carbonyl (C=O) groups excluding carboxylic acids is 3. The van der Waals surface area contributed by atoms with Crippen molar-refractivity contribution in [2.24, 2.45) is 17.3 Å². The summed E-state index contributed by atoms with van der Waals surface area (Å²) in [4.78, 5) is 39.2. The standard InChI is InChI=1S/C30H50O6Si/c1-21(19-34-20-23-16-14-13-15-17-23)26(36-37(11,12)29(6,7)8)22(2)27(33)30(9,10)24(31)18-25(32)35-28(3,4)5/h13-17,21-22,26H,18-20H2,1-12H3/t21-,22+,26+/m0/s1. The number of benzene rings is 1. The first-order chi connectivity index (χ1) is 16.7. The highest BCUT2D eigenvalue weighted by Gasteiger charge is 2.46. The van der Waals surface area contributed by atoms with E-state index in [4.69, 9.17) is 13.9 Å². The fourth-order valence-corrected chi connectivity index (χ4v) is 5.32. The lowest BCUT2D eigenvalue weighted by molar-refractivity contribution is -0.158. The summed E-state index contributed by atoms with van der Waals surface area (Å²) in [6, 6.07) is 9.94. The van der Waals surface area contributed by atoms with Crippen molar-refractivity contribution in [1.29, 1.82) is 0 Å². The molecule has 7 heteroatoms. The third-order valence-electron chi connectivity index (χ3n) is 7.23. The predicted molar refractivity (Wildman–Crippen MR) is 151 cm³/mol. The molecule has 6 nitrogen and oxygen atoms in total. The van der Waals surface area contributed by atoms with Gasteiger partial charge in [-0.1, -0.05) is 65.0 Å². The molecule has 0 radical (unpaired) electrons. The minimum Gasteiger partial charge on any atom is -0.460 e. The van der Waals surface area contributed by atoms with E-state index in [1.165, 1.54) is 0 Å². The fraction of sp³-hybridized carbons (Fsp3) is 0.700. The first-order valence-electron chi connectivity index (χ1n) is 13.3. The summed E-state index contributed by atoms with van der Waals surface area (Å²) in [6.45, 7) is 24.0. The van der Waals surface area contributed by atoms with Gasteiger partial charge in [-0.3, -0.25) is 14.4 Å². The fourth-order valence-electron chi connectivity index (χ4n) is 3.85. The lowest BCUT2D eigenvalue weighted by Crippen LogP contribution is -2.51. The normalized spacial score (nSPS) is 15.6. The molecule has 0 N–H and O–H groups in total. The van der Waals surface area contributed by atoms with E-state index >= 15 is 0 Å². The third kappa shape index (κ3) is 10.1. The average molecular weight is 535 g/mol. The molecule has 0 spiro atoms. The van der Waals surface area contributed by atoms with Crippen LogP contribution in [-0.2, 0) is 34.9 Å². The summed E-state index contributed by atoms with van der Waals surface area (Å²) >= 11 is 0. The Bertz CT molecular complexity index is 908. The number of rotatable bonds is 13. The van der Waals surface area contributed by atoms with Crippen molar-refractivity contribution in [3.8, 4) is 0 Å². The van der Waals surface area contributed by atoms with Crippen molar-refractivity contribution in [2.45, 2.75) is 112 Å². The molecule has 3 atom stereocenters. The molecular weight excluding hydrogens is 484 g/mol. The summed E-state index contributed by atoms with van der Waals surface area (Å²) in [7, 11) is -2.25. The number of hydrogen-bond acceptors (Lipinski definition) is 6. The van der Waals surface area contributed by atoms with Gasteiger partial charge in [0.2, 0.25) is 0 Å². The summed E-state index contributed by atoms with van der Waals surface area (Å²) < 4.78 is 18.1. The van der Waals surface area contributed by atoms with Crippen molar-refractivity contribution in [3.63, 3.8) is 0 Å². The largest absolute Gasteiger partial charge is 0.460 e. The highest BCUT2D eigenvalue weighted by molar-refractivity contribution is 6.74. The van der Waals surface area contributed by atoms with E-state index in [-0.39, 0.29) is 16.7 Å². The number of esters is 1. The third-order valence-corrected chi connectivity index (χ3v) is 11.7. The van der Waals surface area contributed by atoms with E-state index in [0.29, 0.717) is 13.2 Å². The molecule has 0 aliphatic rings. The van der Waals surface area contributed by atoms with Crippen LogP contribution in [0.1, 0.15) is 81.2 Å². The summed E-state index contributed by atoms with van der Waals surface area (Å²) in [5.74, 6) is -1.96. The molecule has 0 unspecified atom stereocenters. The molecule has 0 saturated carbocycles.